The lowest BCUT2D eigenvalue weighted by atomic mass is 9.95. The average molecular weight is 266 g/mol. The van der Waals surface area contributed by atoms with Crippen LogP contribution in [0.15, 0.2) is 18.2 Å². The van der Waals surface area contributed by atoms with E-state index < -0.39 is 11.6 Å². The molecule has 2 aliphatic heterocycles. The Morgan fingerprint density at radius 2 is 1.89 bits per heavy atom. The van der Waals surface area contributed by atoms with Crippen molar-refractivity contribution in [2.75, 3.05) is 19.6 Å². The van der Waals surface area contributed by atoms with Gasteiger partial charge in [0.05, 0.1) is 0 Å². The minimum atomic E-state index is -0.490. The van der Waals surface area contributed by atoms with E-state index in [1.165, 1.54) is 12.1 Å². The van der Waals surface area contributed by atoms with Gasteiger partial charge in [-0.2, -0.15) is 0 Å². The summed E-state index contributed by atoms with van der Waals surface area (Å²) in [5.41, 5.74) is 0.734. The molecule has 4 heteroatoms. The summed E-state index contributed by atoms with van der Waals surface area (Å²) in [6, 6.07) is 4.36. The second-order valence-electron chi connectivity index (χ2n) is 5.90. The highest BCUT2D eigenvalue weighted by Gasteiger charge is 2.43. The lowest BCUT2D eigenvalue weighted by Gasteiger charge is -2.31. The molecule has 1 aromatic rings. The average Bonchev–Trinajstić information content (AvgIpc) is 2.91. The Balaban J connectivity index is 1.82. The van der Waals surface area contributed by atoms with E-state index in [-0.39, 0.29) is 6.04 Å². The third kappa shape index (κ3) is 2.28. The highest BCUT2D eigenvalue weighted by molar-refractivity contribution is 5.22. The van der Waals surface area contributed by atoms with Gasteiger partial charge in [-0.1, -0.05) is 0 Å². The summed E-state index contributed by atoms with van der Waals surface area (Å²) < 4.78 is 26.7. The molecule has 0 saturated carbocycles. The quantitative estimate of drug-likeness (QED) is 0.885. The molecular formula is C15H20F2N2. The first kappa shape index (κ1) is 13.0. The van der Waals surface area contributed by atoms with Crippen LogP contribution in [0.25, 0.3) is 0 Å². The first-order valence-electron chi connectivity index (χ1n) is 6.98. The molecule has 0 radical (unpaired) electrons. The van der Waals surface area contributed by atoms with Crippen LogP contribution in [0.3, 0.4) is 0 Å². The van der Waals surface area contributed by atoms with Crippen molar-refractivity contribution in [3.63, 3.8) is 0 Å². The predicted molar refractivity (Wildman–Crippen MR) is 70.8 cm³/mol. The molecule has 0 bridgehead atoms. The molecule has 2 aliphatic rings. The molecule has 0 aromatic heterocycles. The van der Waals surface area contributed by atoms with Gasteiger partial charge in [0, 0.05) is 24.7 Å². The van der Waals surface area contributed by atoms with Crippen molar-refractivity contribution >= 4 is 0 Å². The maximum absolute atomic E-state index is 13.3. The number of rotatable bonds is 2. The van der Waals surface area contributed by atoms with Gasteiger partial charge in [-0.05, 0) is 56.5 Å². The molecule has 2 saturated heterocycles. The number of nitrogens with zero attached hydrogens (tertiary/aromatic N) is 1. The molecule has 0 aliphatic carbocycles. The summed E-state index contributed by atoms with van der Waals surface area (Å²) >= 11 is 0. The molecule has 1 aromatic carbocycles. The van der Waals surface area contributed by atoms with Crippen LogP contribution in [0.4, 0.5) is 8.78 Å². The van der Waals surface area contributed by atoms with Crippen molar-refractivity contribution in [1.82, 2.24) is 10.2 Å². The largest absolute Gasteiger partial charge is 0.316 e. The first-order valence-corrected chi connectivity index (χ1v) is 6.98. The van der Waals surface area contributed by atoms with Crippen molar-refractivity contribution in [3.05, 3.63) is 35.4 Å². The smallest absolute Gasteiger partial charge is 0.126 e. The van der Waals surface area contributed by atoms with Crippen LogP contribution >= 0.6 is 0 Å². The SMILES string of the molecule is CC(c1cc(F)cc(F)c1)N1CC2CNCC2C1C. The van der Waals surface area contributed by atoms with Gasteiger partial charge in [0.1, 0.15) is 11.6 Å². The van der Waals surface area contributed by atoms with Gasteiger partial charge in [-0.25, -0.2) is 8.78 Å². The molecule has 0 amide bonds. The van der Waals surface area contributed by atoms with Gasteiger partial charge in [0.2, 0.25) is 0 Å². The highest BCUT2D eigenvalue weighted by Crippen LogP contribution is 2.37. The Morgan fingerprint density at radius 3 is 2.53 bits per heavy atom. The van der Waals surface area contributed by atoms with Crippen LogP contribution in [0.1, 0.15) is 25.5 Å². The summed E-state index contributed by atoms with van der Waals surface area (Å²) in [6.07, 6.45) is 0. The van der Waals surface area contributed by atoms with E-state index in [0.717, 1.165) is 31.3 Å². The molecule has 4 atom stereocenters. The molecule has 4 unspecified atom stereocenters. The number of hydrogen-bond acceptors (Lipinski definition) is 2. The van der Waals surface area contributed by atoms with Crippen LogP contribution in [-0.4, -0.2) is 30.6 Å². The van der Waals surface area contributed by atoms with Gasteiger partial charge < -0.3 is 5.32 Å². The van der Waals surface area contributed by atoms with Crippen molar-refractivity contribution in [2.45, 2.75) is 25.9 Å². The summed E-state index contributed by atoms with van der Waals surface area (Å²) in [5, 5.41) is 3.43. The third-order valence-corrected chi connectivity index (χ3v) is 4.84. The van der Waals surface area contributed by atoms with Crippen molar-refractivity contribution in [1.29, 1.82) is 0 Å². The fourth-order valence-corrected chi connectivity index (χ4v) is 3.72. The summed E-state index contributed by atoms with van der Waals surface area (Å²) in [7, 11) is 0. The fourth-order valence-electron chi connectivity index (χ4n) is 3.72. The molecule has 0 spiro atoms. The zero-order valence-corrected chi connectivity index (χ0v) is 11.4. The zero-order chi connectivity index (χ0) is 13.6. The van der Waals surface area contributed by atoms with Crippen LogP contribution in [-0.2, 0) is 0 Å². The molecule has 3 rings (SSSR count). The van der Waals surface area contributed by atoms with E-state index in [9.17, 15) is 8.78 Å². The third-order valence-electron chi connectivity index (χ3n) is 4.84. The van der Waals surface area contributed by atoms with E-state index in [2.05, 4.69) is 17.1 Å². The van der Waals surface area contributed by atoms with Crippen LogP contribution in [0.2, 0.25) is 0 Å². The van der Waals surface area contributed by atoms with E-state index in [1.807, 2.05) is 6.92 Å². The summed E-state index contributed by atoms with van der Waals surface area (Å²) in [5.74, 6) is 0.364. The second kappa shape index (κ2) is 4.84. The van der Waals surface area contributed by atoms with Crippen LogP contribution < -0.4 is 5.32 Å². The molecule has 2 nitrogen and oxygen atoms in total. The Labute approximate surface area is 112 Å². The number of hydrogen-bond donors (Lipinski definition) is 1. The minimum Gasteiger partial charge on any atom is -0.316 e. The minimum absolute atomic E-state index is 0.0609. The molecule has 2 heterocycles. The molecule has 19 heavy (non-hydrogen) atoms. The number of benzene rings is 1. The van der Waals surface area contributed by atoms with E-state index >= 15 is 0 Å². The standard InChI is InChI=1S/C15H20F2N2/c1-9(11-3-13(16)5-14(17)4-11)19-8-12-6-18-7-15(12)10(19)2/h3-5,9-10,12,15,18H,6-8H2,1-2H3. The maximum Gasteiger partial charge on any atom is 0.126 e. The summed E-state index contributed by atoms with van der Waals surface area (Å²) in [6.45, 7) is 7.41. The van der Waals surface area contributed by atoms with Crippen LogP contribution in [0, 0.1) is 23.5 Å². The molecular weight excluding hydrogens is 246 g/mol. The fraction of sp³-hybridized carbons (Fsp3) is 0.600. The maximum atomic E-state index is 13.3. The number of nitrogens with one attached hydrogen (secondary N) is 1. The van der Waals surface area contributed by atoms with Crippen molar-refractivity contribution in [3.8, 4) is 0 Å². The van der Waals surface area contributed by atoms with E-state index in [4.69, 9.17) is 0 Å². The Hall–Kier alpha value is -1.00. The monoisotopic (exact) mass is 266 g/mol. The number of likely N-dealkylation sites (tertiary alicyclic amines) is 1. The van der Waals surface area contributed by atoms with Crippen molar-refractivity contribution < 1.29 is 8.78 Å². The number of halogens is 2. The van der Waals surface area contributed by atoms with Crippen LogP contribution in [0.5, 0.6) is 0 Å². The van der Waals surface area contributed by atoms with Gasteiger partial charge in [-0.3, -0.25) is 4.90 Å². The first-order chi connectivity index (χ1) is 9.06. The molecule has 104 valence electrons. The summed E-state index contributed by atoms with van der Waals surface area (Å²) in [4.78, 5) is 2.38. The van der Waals surface area contributed by atoms with Gasteiger partial charge in [0.15, 0.2) is 0 Å². The van der Waals surface area contributed by atoms with E-state index in [0.29, 0.717) is 17.9 Å². The Bertz CT molecular complexity index is 457. The zero-order valence-electron chi connectivity index (χ0n) is 11.4. The predicted octanol–water partition coefficient (Wildman–Crippen LogP) is 2.57. The van der Waals surface area contributed by atoms with E-state index in [1.54, 1.807) is 0 Å². The topological polar surface area (TPSA) is 15.3 Å². The normalized spacial score (nSPS) is 32.5. The Morgan fingerprint density at radius 1 is 1.21 bits per heavy atom. The van der Waals surface area contributed by atoms with Gasteiger partial charge in [-0.15, -0.1) is 0 Å². The second-order valence-corrected chi connectivity index (χ2v) is 5.90. The highest BCUT2D eigenvalue weighted by atomic mass is 19.1. The van der Waals surface area contributed by atoms with Gasteiger partial charge >= 0.3 is 0 Å². The van der Waals surface area contributed by atoms with Gasteiger partial charge in [0.25, 0.3) is 0 Å². The lowest BCUT2D eigenvalue weighted by Crippen LogP contribution is -2.35. The number of fused-ring (bicyclic) bond motifs is 1. The Kier molecular flexibility index (Phi) is 3.31. The molecule has 1 N–H and O–H groups in total. The lowest BCUT2D eigenvalue weighted by molar-refractivity contribution is 0.181. The van der Waals surface area contributed by atoms with Crippen molar-refractivity contribution in [2.24, 2.45) is 11.8 Å². The molecule has 2 fully saturated rings.